The zero-order valence-corrected chi connectivity index (χ0v) is 17.3. The summed E-state index contributed by atoms with van der Waals surface area (Å²) in [6, 6.07) is 12.1. The molecule has 0 radical (unpaired) electrons. The van der Waals surface area contributed by atoms with Crippen molar-refractivity contribution < 1.29 is 9.53 Å². The van der Waals surface area contributed by atoms with E-state index < -0.39 is 0 Å². The van der Waals surface area contributed by atoms with Gasteiger partial charge < -0.3 is 15.0 Å². The largest absolute Gasteiger partial charge is 0.373 e. The maximum atomic E-state index is 13.2. The lowest BCUT2D eigenvalue weighted by Gasteiger charge is -2.36. The third-order valence-corrected chi connectivity index (χ3v) is 5.68. The number of rotatable bonds is 4. The molecular formula is C23H30N4O2. The van der Waals surface area contributed by atoms with Crippen molar-refractivity contribution in [3.05, 3.63) is 65.5 Å². The average Bonchev–Trinajstić information content (AvgIpc) is 2.74. The lowest BCUT2D eigenvalue weighted by Crippen LogP contribution is -2.48. The highest BCUT2D eigenvalue weighted by Crippen LogP contribution is 2.24. The van der Waals surface area contributed by atoms with E-state index in [-0.39, 0.29) is 24.2 Å². The van der Waals surface area contributed by atoms with Gasteiger partial charge in [0.2, 0.25) is 0 Å². The van der Waals surface area contributed by atoms with Crippen molar-refractivity contribution in [3.63, 3.8) is 0 Å². The van der Waals surface area contributed by atoms with Gasteiger partial charge in [0.05, 0.1) is 18.2 Å². The first-order valence-corrected chi connectivity index (χ1v) is 10.5. The molecule has 1 amide bonds. The van der Waals surface area contributed by atoms with Crippen LogP contribution in [-0.2, 0) is 11.3 Å². The molecule has 29 heavy (non-hydrogen) atoms. The van der Waals surface area contributed by atoms with Gasteiger partial charge in [0, 0.05) is 57.2 Å². The summed E-state index contributed by atoms with van der Waals surface area (Å²) in [6.45, 7) is 9.28. The van der Waals surface area contributed by atoms with Crippen LogP contribution in [0.5, 0.6) is 0 Å². The van der Waals surface area contributed by atoms with Gasteiger partial charge in [-0.2, -0.15) is 0 Å². The molecule has 2 aliphatic heterocycles. The summed E-state index contributed by atoms with van der Waals surface area (Å²) in [5.74, 6) is 0.0838. The number of hydrogen-bond acceptors (Lipinski definition) is 5. The Balaban J connectivity index is 1.44. The number of nitrogens with zero attached hydrogens (tertiary/aromatic N) is 3. The van der Waals surface area contributed by atoms with E-state index in [0.717, 1.165) is 43.9 Å². The summed E-state index contributed by atoms with van der Waals surface area (Å²) in [6.07, 6.45) is 4.14. The first-order valence-electron chi connectivity index (χ1n) is 10.5. The average molecular weight is 395 g/mol. The van der Waals surface area contributed by atoms with Crippen LogP contribution >= 0.6 is 0 Å². The van der Waals surface area contributed by atoms with Gasteiger partial charge in [0.25, 0.3) is 5.91 Å². The highest BCUT2D eigenvalue weighted by atomic mass is 16.5. The van der Waals surface area contributed by atoms with Crippen molar-refractivity contribution in [2.75, 3.05) is 32.7 Å². The second-order valence-corrected chi connectivity index (χ2v) is 8.15. The van der Waals surface area contributed by atoms with E-state index in [1.165, 1.54) is 5.56 Å². The zero-order valence-electron chi connectivity index (χ0n) is 17.3. The number of carbonyl (C=O) groups excluding carboxylic acids is 1. The number of pyridine rings is 1. The molecule has 6 heteroatoms. The van der Waals surface area contributed by atoms with Crippen molar-refractivity contribution in [2.24, 2.45) is 0 Å². The van der Waals surface area contributed by atoms with Crippen LogP contribution < -0.4 is 5.32 Å². The molecule has 3 atom stereocenters. The molecule has 1 aromatic heterocycles. The van der Waals surface area contributed by atoms with E-state index in [1.807, 2.05) is 35.4 Å². The van der Waals surface area contributed by atoms with E-state index in [2.05, 4.69) is 41.2 Å². The summed E-state index contributed by atoms with van der Waals surface area (Å²) in [5, 5.41) is 3.39. The molecule has 1 aromatic carbocycles. The zero-order chi connectivity index (χ0) is 20.2. The van der Waals surface area contributed by atoms with Crippen molar-refractivity contribution in [3.8, 4) is 0 Å². The number of piperazine rings is 1. The topological polar surface area (TPSA) is 57.7 Å². The fourth-order valence-electron chi connectivity index (χ4n) is 4.41. The van der Waals surface area contributed by atoms with Crippen LogP contribution in [-0.4, -0.2) is 65.6 Å². The monoisotopic (exact) mass is 394 g/mol. The molecule has 2 aliphatic rings. The third-order valence-electron chi connectivity index (χ3n) is 5.68. The number of amides is 1. The summed E-state index contributed by atoms with van der Waals surface area (Å²) < 4.78 is 5.82. The van der Waals surface area contributed by atoms with Crippen LogP contribution in [0.15, 0.2) is 48.8 Å². The van der Waals surface area contributed by atoms with Crippen LogP contribution in [0.4, 0.5) is 0 Å². The molecule has 4 rings (SSSR count). The molecule has 0 bridgehead atoms. The quantitative estimate of drug-likeness (QED) is 0.863. The minimum atomic E-state index is 0.0148. The van der Waals surface area contributed by atoms with Crippen LogP contribution in [0.1, 0.15) is 41.4 Å². The number of nitrogens with one attached hydrogen (secondary N) is 1. The first kappa shape index (κ1) is 20.0. The Morgan fingerprint density at radius 1 is 1.17 bits per heavy atom. The van der Waals surface area contributed by atoms with Crippen LogP contribution in [0.3, 0.4) is 0 Å². The Morgan fingerprint density at radius 3 is 2.62 bits per heavy atom. The van der Waals surface area contributed by atoms with Gasteiger partial charge in [0.15, 0.2) is 0 Å². The summed E-state index contributed by atoms with van der Waals surface area (Å²) in [5.41, 5.74) is 3.04. The lowest BCUT2D eigenvalue weighted by molar-refractivity contribution is -0.0704. The number of aromatic nitrogens is 1. The number of benzene rings is 1. The highest BCUT2D eigenvalue weighted by molar-refractivity contribution is 5.94. The fourth-order valence-corrected chi connectivity index (χ4v) is 4.41. The summed E-state index contributed by atoms with van der Waals surface area (Å²) in [4.78, 5) is 21.8. The molecule has 0 aliphatic carbocycles. The van der Waals surface area contributed by atoms with Gasteiger partial charge in [-0.3, -0.25) is 14.7 Å². The molecule has 6 nitrogen and oxygen atoms in total. The molecular weight excluding hydrogens is 364 g/mol. The Kier molecular flexibility index (Phi) is 6.23. The molecule has 0 spiro atoms. The van der Waals surface area contributed by atoms with Gasteiger partial charge in [-0.25, -0.2) is 0 Å². The normalized spacial score (nSPS) is 25.7. The van der Waals surface area contributed by atoms with E-state index in [9.17, 15) is 4.79 Å². The Labute approximate surface area is 172 Å². The third kappa shape index (κ3) is 4.83. The molecule has 1 N–H and O–H groups in total. The van der Waals surface area contributed by atoms with Gasteiger partial charge in [-0.15, -0.1) is 0 Å². The number of ether oxygens (including phenoxy) is 1. The second-order valence-electron chi connectivity index (χ2n) is 8.15. The van der Waals surface area contributed by atoms with Crippen molar-refractivity contribution >= 4 is 5.91 Å². The van der Waals surface area contributed by atoms with E-state index in [4.69, 9.17) is 4.74 Å². The van der Waals surface area contributed by atoms with Gasteiger partial charge in [-0.05, 0) is 43.2 Å². The predicted octanol–water partition coefficient (Wildman–Crippen LogP) is 2.48. The van der Waals surface area contributed by atoms with E-state index in [0.29, 0.717) is 6.54 Å². The lowest BCUT2D eigenvalue weighted by atomic mass is 10.0. The highest BCUT2D eigenvalue weighted by Gasteiger charge is 2.29. The molecule has 3 heterocycles. The minimum Gasteiger partial charge on any atom is -0.373 e. The predicted molar refractivity (Wildman–Crippen MR) is 113 cm³/mol. The van der Waals surface area contributed by atoms with Gasteiger partial charge in [-0.1, -0.05) is 18.2 Å². The second kappa shape index (κ2) is 9.03. The van der Waals surface area contributed by atoms with Crippen LogP contribution in [0.2, 0.25) is 0 Å². The molecule has 0 saturated carbocycles. The number of hydrogen-bond donors (Lipinski definition) is 1. The van der Waals surface area contributed by atoms with Crippen LogP contribution in [0, 0.1) is 0 Å². The summed E-state index contributed by atoms with van der Waals surface area (Å²) in [7, 11) is 0. The standard InChI is InChI=1S/C23H30N4O2/c1-17-14-26(15-18(2)29-17)16-19-5-7-20(8-6-19)23(28)27-11-10-25-13-22(27)21-4-3-9-24-12-21/h3-9,12,17-18,22,25H,10-11,13-16H2,1-2H3. The SMILES string of the molecule is CC1CN(Cc2ccc(C(=O)N3CCNCC3c3cccnc3)cc2)CC(C)O1. The van der Waals surface area contributed by atoms with E-state index in [1.54, 1.807) is 6.20 Å². The Bertz CT molecular complexity index is 801. The molecule has 2 fully saturated rings. The minimum absolute atomic E-state index is 0.0148. The Morgan fingerprint density at radius 2 is 1.93 bits per heavy atom. The van der Waals surface area contributed by atoms with Gasteiger partial charge >= 0.3 is 0 Å². The maximum Gasteiger partial charge on any atom is 0.254 e. The van der Waals surface area contributed by atoms with Crippen molar-refractivity contribution in [2.45, 2.75) is 38.6 Å². The molecule has 2 aromatic rings. The smallest absolute Gasteiger partial charge is 0.254 e. The number of morpholine rings is 1. The first-order chi connectivity index (χ1) is 14.1. The maximum absolute atomic E-state index is 13.2. The summed E-state index contributed by atoms with van der Waals surface area (Å²) >= 11 is 0. The van der Waals surface area contributed by atoms with Crippen molar-refractivity contribution in [1.29, 1.82) is 0 Å². The molecule has 3 unspecified atom stereocenters. The Hall–Kier alpha value is -2.28. The molecule has 2 saturated heterocycles. The van der Waals surface area contributed by atoms with E-state index >= 15 is 0 Å². The van der Waals surface area contributed by atoms with Crippen LogP contribution in [0.25, 0.3) is 0 Å². The van der Waals surface area contributed by atoms with Crippen molar-refractivity contribution in [1.82, 2.24) is 20.1 Å². The fraction of sp³-hybridized carbons (Fsp3) is 0.478. The number of carbonyl (C=O) groups is 1. The molecule has 154 valence electrons. The van der Waals surface area contributed by atoms with Gasteiger partial charge in [0.1, 0.15) is 0 Å².